The SMILES string of the molecule is COC(=O)[C@H]1[C@@H]2C[C@H]3c4[nH]c5ccccc5c4CCN3C[C@H]2CC[C@@H]1OS(=O)(=O)O. The zero-order chi connectivity index (χ0) is 21.0. The summed E-state index contributed by atoms with van der Waals surface area (Å²) in [7, 11) is -3.34. The lowest BCUT2D eigenvalue weighted by Gasteiger charge is -2.51. The summed E-state index contributed by atoms with van der Waals surface area (Å²) in [6, 6.07) is 8.42. The average Bonchev–Trinajstić information content (AvgIpc) is 3.10. The van der Waals surface area contributed by atoms with E-state index in [2.05, 4.69) is 22.0 Å². The van der Waals surface area contributed by atoms with Gasteiger partial charge < -0.3 is 9.72 Å². The molecule has 0 amide bonds. The first-order valence-electron chi connectivity index (χ1n) is 10.4. The predicted molar refractivity (Wildman–Crippen MR) is 109 cm³/mol. The molecule has 162 valence electrons. The van der Waals surface area contributed by atoms with Gasteiger partial charge in [0.25, 0.3) is 0 Å². The van der Waals surface area contributed by atoms with Gasteiger partial charge in [0.05, 0.1) is 25.2 Å². The van der Waals surface area contributed by atoms with Crippen LogP contribution in [0.2, 0.25) is 0 Å². The highest BCUT2D eigenvalue weighted by atomic mass is 32.3. The number of rotatable bonds is 3. The molecule has 5 rings (SSSR count). The molecular weight excluding hydrogens is 408 g/mol. The van der Waals surface area contributed by atoms with Crippen LogP contribution in [0.25, 0.3) is 10.9 Å². The van der Waals surface area contributed by atoms with Crippen molar-refractivity contribution < 1.29 is 26.7 Å². The number of methoxy groups -OCH3 is 1. The van der Waals surface area contributed by atoms with E-state index in [9.17, 15) is 17.8 Å². The molecule has 5 atom stereocenters. The van der Waals surface area contributed by atoms with E-state index >= 15 is 0 Å². The third-order valence-electron chi connectivity index (χ3n) is 7.24. The summed E-state index contributed by atoms with van der Waals surface area (Å²) in [6.45, 7) is 1.83. The summed E-state index contributed by atoms with van der Waals surface area (Å²) in [6.07, 6.45) is 1.96. The first-order valence-corrected chi connectivity index (χ1v) is 11.8. The minimum absolute atomic E-state index is 0.0726. The van der Waals surface area contributed by atoms with E-state index in [0.29, 0.717) is 6.42 Å². The molecular formula is C21H26N2O6S. The Bertz CT molecular complexity index is 1080. The van der Waals surface area contributed by atoms with Crippen LogP contribution in [0.3, 0.4) is 0 Å². The van der Waals surface area contributed by atoms with Crippen LogP contribution >= 0.6 is 0 Å². The Hall–Kier alpha value is -1.94. The number of para-hydroxylation sites is 1. The van der Waals surface area contributed by atoms with Crippen molar-refractivity contribution in [1.82, 2.24) is 9.88 Å². The van der Waals surface area contributed by atoms with Crippen molar-refractivity contribution in [2.24, 2.45) is 17.8 Å². The van der Waals surface area contributed by atoms with Crippen LogP contribution in [0, 0.1) is 17.8 Å². The molecule has 0 spiro atoms. The standard InChI is InChI=1S/C21H26N2O6S/c1-28-21(24)19-15-10-17-20-14(13-4-2-3-5-16(13)22-20)8-9-23(17)11-12(15)6-7-18(19)29-30(25,26)27/h2-5,12,15,17-19,22H,6-11H2,1H3,(H,25,26,27)/t12-,15-,17+,18+,19+/m1/s1. The van der Waals surface area contributed by atoms with Gasteiger partial charge in [-0.1, -0.05) is 18.2 Å². The number of piperidine rings is 1. The molecule has 1 aliphatic carbocycles. The smallest absolute Gasteiger partial charge is 0.397 e. The van der Waals surface area contributed by atoms with Crippen LogP contribution in [0.1, 0.15) is 36.6 Å². The Balaban J connectivity index is 1.50. The van der Waals surface area contributed by atoms with Gasteiger partial charge in [0, 0.05) is 29.7 Å². The average molecular weight is 435 g/mol. The molecule has 3 aliphatic rings. The Morgan fingerprint density at radius 1 is 1.27 bits per heavy atom. The Labute approximate surface area is 175 Å². The fourth-order valence-electron chi connectivity index (χ4n) is 6.05. The first kappa shape index (κ1) is 20.0. The van der Waals surface area contributed by atoms with E-state index in [-0.39, 0.29) is 17.9 Å². The Morgan fingerprint density at radius 2 is 2.07 bits per heavy atom. The van der Waals surface area contributed by atoms with Gasteiger partial charge >= 0.3 is 16.4 Å². The molecule has 2 N–H and O–H groups in total. The van der Waals surface area contributed by atoms with Crippen LogP contribution in [0.5, 0.6) is 0 Å². The summed E-state index contributed by atoms with van der Waals surface area (Å²) in [5, 5.41) is 1.25. The Kier molecular flexibility index (Phi) is 4.89. The van der Waals surface area contributed by atoms with Crippen molar-refractivity contribution in [2.75, 3.05) is 20.2 Å². The normalized spacial score (nSPS) is 31.6. The van der Waals surface area contributed by atoms with Gasteiger partial charge in [-0.3, -0.25) is 14.2 Å². The maximum Gasteiger partial charge on any atom is 0.397 e. The van der Waals surface area contributed by atoms with Gasteiger partial charge in [0.15, 0.2) is 0 Å². The first-order chi connectivity index (χ1) is 14.4. The number of ether oxygens (including phenoxy) is 1. The van der Waals surface area contributed by atoms with Crippen molar-refractivity contribution in [3.05, 3.63) is 35.5 Å². The molecule has 1 aromatic carbocycles. The molecule has 0 unspecified atom stereocenters. The van der Waals surface area contributed by atoms with Gasteiger partial charge in [-0.15, -0.1) is 0 Å². The highest BCUT2D eigenvalue weighted by Crippen LogP contribution is 2.50. The molecule has 9 heteroatoms. The highest BCUT2D eigenvalue weighted by Gasteiger charge is 2.51. The number of carbonyl (C=O) groups excluding carboxylic acids is 1. The third-order valence-corrected chi connectivity index (χ3v) is 7.73. The molecule has 30 heavy (non-hydrogen) atoms. The number of aromatic amines is 1. The maximum absolute atomic E-state index is 12.7. The largest absolute Gasteiger partial charge is 0.469 e. The molecule has 1 saturated heterocycles. The predicted octanol–water partition coefficient (Wildman–Crippen LogP) is 2.47. The molecule has 1 aromatic heterocycles. The number of nitrogens with zero attached hydrogens (tertiary/aromatic N) is 1. The van der Waals surface area contributed by atoms with Gasteiger partial charge in [0.1, 0.15) is 0 Å². The number of hydrogen-bond donors (Lipinski definition) is 2. The number of carbonyl (C=O) groups is 1. The second kappa shape index (κ2) is 7.33. The summed E-state index contributed by atoms with van der Waals surface area (Å²) in [5.74, 6) is -0.999. The van der Waals surface area contributed by atoms with Gasteiger partial charge in [-0.05, 0) is 49.1 Å². The summed E-state index contributed by atoms with van der Waals surface area (Å²) in [5.41, 5.74) is 3.65. The minimum atomic E-state index is -4.65. The van der Waals surface area contributed by atoms with Gasteiger partial charge in [0.2, 0.25) is 0 Å². The molecule has 2 aliphatic heterocycles. The van der Waals surface area contributed by atoms with Crippen molar-refractivity contribution in [3.8, 4) is 0 Å². The van der Waals surface area contributed by atoms with Crippen LogP contribution in [0.4, 0.5) is 0 Å². The molecule has 0 radical (unpaired) electrons. The molecule has 8 nitrogen and oxygen atoms in total. The lowest BCUT2D eigenvalue weighted by molar-refractivity contribution is -0.158. The summed E-state index contributed by atoms with van der Waals surface area (Å²) in [4.78, 5) is 18.7. The lowest BCUT2D eigenvalue weighted by Crippen LogP contribution is -2.54. The topological polar surface area (TPSA) is 109 Å². The zero-order valence-corrected chi connectivity index (χ0v) is 17.6. The van der Waals surface area contributed by atoms with E-state index < -0.39 is 28.4 Å². The second-order valence-corrected chi connectivity index (χ2v) is 9.72. The van der Waals surface area contributed by atoms with Crippen molar-refractivity contribution in [3.63, 3.8) is 0 Å². The molecule has 0 bridgehead atoms. The number of aromatic nitrogens is 1. The van der Waals surface area contributed by atoms with Gasteiger partial charge in [-0.2, -0.15) is 8.42 Å². The molecule has 1 saturated carbocycles. The van der Waals surface area contributed by atoms with E-state index in [1.165, 1.54) is 23.8 Å². The minimum Gasteiger partial charge on any atom is -0.469 e. The fourth-order valence-corrected chi connectivity index (χ4v) is 6.57. The highest BCUT2D eigenvalue weighted by molar-refractivity contribution is 7.80. The number of nitrogens with one attached hydrogen (secondary N) is 1. The number of esters is 1. The molecule has 2 fully saturated rings. The fraction of sp³-hybridized carbons (Fsp3) is 0.571. The summed E-state index contributed by atoms with van der Waals surface area (Å²) >= 11 is 0. The monoisotopic (exact) mass is 434 g/mol. The van der Waals surface area contributed by atoms with E-state index in [0.717, 1.165) is 37.9 Å². The second-order valence-electron chi connectivity index (χ2n) is 8.67. The van der Waals surface area contributed by atoms with Gasteiger partial charge in [-0.25, -0.2) is 4.18 Å². The zero-order valence-electron chi connectivity index (χ0n) is 16.8. The number of H-pyrrole nitrogens is 1. The summed E-state index contributed by atoms with van der Waals surface area (Å²) < 4.78 is 41.9. The lowest BCUT2D eigenvalue weighted by atomic mass is 9.65. The van der Waals surface area contributed by atoms with E-state index in [4.69, 9.17) is 8.92 Å². The van der Waals surface area contributed by atoms with Crippen molar-refractivity contribution in [1.29, 1.82) is 0 Å². The third kappa shape index (κ3) is 3.33. The Morgan fingerprint density at radius 3 is 2.83 bits per heavy atom. The van der Waals surface area contributed by atoms with Crippen LogP contribution in [-0.2, 0) is 30.5 Å². The van der Waals surface area contributed by atoms with Crippen molar-refractivity contribution in [2.45, 2.75) is 37.8 Å². The van der Waals surface area contributed by atoms with Crippen LogP contribution in [-0.4, -0.2) is 55.1 Å². The number of benzene rings is 1. The quantitative estimate of drug-likeness (QED) is 0.564. The van der Waals surface area contributed by atoms with Crippen LogP contribution in [0.15, 0.2) is 24.3 Å². The van der Waals surface area contributed by atoms with E-state index in [1.807, 2.05) is 12.1 Å². The molecule has 3 heterocycles. The van der Waals surface area contributed by atoms with Crippen molar-refractivity contribution >= 4 is 27.3 Å². The maximum atomic E-state index is 12.7. The van der Waals surface area contributed by atoms with E-state index in [1.54, 1.807) is 0 Å². The number of fused-ring (bicyclic) bond motifs is 6. The molecule has 2 aromatic rings. The number of hydrogen-bond acceptors (Lipinski definition) is 6. The van der Waals surface area contributed by atoms with Crippen LogP contribution < -0.4 is 0 Å².